The van der Waals surface area contributed by atoms with Gasteiger partial charge in [0.1, 0.15) is 5.75 Å². The predicted octanol–water partition coefficient (Wildman–Crippen LogP) is 3.55. The van der Waals surface area contributed by atoms with Gasteiger partial charge in [0.25, 0.3) is 5.91 Å². The smallest absolute Gasteiger partial charge is 0.270 e. The quantitative estimate of drug-likeness (QED) is 0.805. The number of aryl methyl sites for hydroxylation is 1. The largest absolute Gasteiger partial charge is 0.493 e. The van der Waals surface area contributed by atoms with Gasteiger partial charge in [-0.05, 0) is 50.6 Å². The van der Waals surface area contributed by atoms with Crippen molar-refractivity contribution in [2.75, 3.05) is 31.0 Å². The number of rotatable bonds is 6. The van der Waals surface area contributed by atoms with Crippen molar-refractivity contribution in [3.05, 3.63) is 42.0 Å². The Hall–Kier alpha value is -3.22. The molecule has 2 aromatic rings. The summed E-state index contributed by atoms with van der Waals surface area (Å²) in [6.07, 6.45) is 0.142. The minimum Gasteiger partial charge on any atom is -0.493 e. The third-order valence-electron chi connectivity index (χ3n) is 4.76. The van der Waals surface area contributed by atoms with E-state index in [2.05, 4.69) is 5.32 Å². The van der Waals surface area contributed by atoms with E-state index in [1.807, 2.05) is 25.1 Å². The molecule has 2 aromatic carbocycles. The monoisotopic (exact) mass is 398 g/mol. The molecule has 1 heterocycles. The van der Waals surface area contributed by atoms with Gasteiger partial charge < -0.3 is 24.4 Å². The molecular weight excluding hydrogens is 372 g/mol. The van der Waals surface area contributed by atoms with Crippen LogP contribution < -0.4 is 24.4 Å². The molecule has 0 radical (unpaired) electrons. The Labute approximate surface area is 170 Å². The lowest BCUT2D eigenvalue weighted by Gasteiger charge is -2.38. The molecule has 0 saturated carbocycles. The average molecular weight is 398 g/mol. The molecule has 7 nitrogen and oxygen atoms in total. The zero-order chi connectivity index (χ0) is 21.2. The van der Waals surface area contributed by atoms with E-state index in [4.69, 9.17) is 14.2 Å². The molecule has 154 valence electrons. The van der Waals surface area contributed by atoms with Gasteiger partial charge in [0.2, 0.25) is 5.91 Å². The molecule has 0 saturated heterocycles. The zero-order valence-corrected chi connectivity index (χ0v) is 17.4. The number of carbonyl (C=O) groups is 2. The summed E-state index contributed by atoms with van der Waals surface area (Å²) in [5.74, 6) is 1.37. The van der Waals surface area contributed by atoms with Crippen molar-refractivity contribution in [2.24, 2.45) is 0 Å². The van der Waals surface area contributed by atoms with Crippen LogP contribution in [0.5, 0.6) is 17.2 Å². The van der Waals surface area contributed by atoms with Gasteiger partial charge >= 0.3 is 0 Å². The number of benzene rings is 2. The topological polar surface area (TPSA) is 77.1 Å². The molecule has 0 aromatic heterocycles. The van der Waals surface area contributed by atoms with Crippen molar-refractivity contribution in [3.8, 4) is 17.2 Å². The van der Waals surface area contributed by atoms with Gasteiger partial charge in [-0.1, -0.05) is 6.07 Å². The molecule has 29 heavy (non-hydrogen) atoms. The van der Waals surface area contributed by atoms with Crippen LogP contribution in [0, 0.1) is 6.92 Å². The normalized spacial score (nSPS) is 14.7. The number of methoxy groups -OCH3 is 2. The van der Waals surface area contributed by atoms with E-state index < -0.39 is 5.60 Å². The first-order valence-corrected chi connectivity index (χ1v) is 9.38. The van der Waals surface area contributed by atoms with E-state index in [0.29, 0.717) is 28.6 Å². The van der Waals surface area contributed by atoms with Gasteiger partial charge in [-0.2, -0.15) is 0 Å². The summed E-state index contributed by atoms with van der Waals surface area (Å²) in [5, 5.41) is 2.83. The molecule has 0 aliphatic carbocycles. The van der Waals surface area contributed by atoms with Crippen molar-refractivity contribution in [2.45, 2.75) is 32.8 Å². The lowest BCUT2D eigenvalue weighted by molar-refractivity contribution is -0.132. The first kappa shape index (κ1) is 20.5. The third-order valence-corrected chi connectivity index (χ3v) is 4.76. The van der Waals surface area contributed by atoms with E-state index in [-0.39, 0.29) is 24.8 Å². The maximum atomic E-state index is 12.9. The van der Waals surface area contributed by atoms with Crippen molar-refractivity contribution >= 4 is 23.2 Å². The number of hydrogen-bond donors (Lipinski definition) is 1. The molecular formula is C22H26N2O5. The van der Waals surface area contributed by atoms with Crippen LogP contribution in [-0.4, -0.2) is 38.2 Å². The summed E-state index contributed by atoms with van der Waals surface area (Å²) in [5.41, 5.74) is 1.31. The molecule has 1 aliphatic rings. The van der Waals surface area contributed by atoms with Crippen molar-refractivity contribution in [3.63, 3.8) is 0 Å². The summed E-state index contributed by atoms with van der Waals surface area (Å²) in [6, 6.07) is 10.8. The van der Waals surface area contributed by atoms with Gasteiger partial charge in [0.05, 0.1) is 19.9 Å². The maximum Gasteiger partial charge on any atom is 0.270 e. The summed E-state index contributed by atoms with van der Waals surface area (Å²) in [7, 11) is 3.09. The Kier molecular flexibility index (Phi) is 5.68. The second-order valence-corrected chi connectivity index (χ2v) is 7.41. The van der Waals surface area contributed by atoms with Crippen LogP contribution in [0.3, 0.4) is 0 Å². The number of anilines is 2. The first-order chi connectivity index (χ1) is 13.7. The van der Waals surface area contributed by atoms with E-state index in [9.17, 15) is 9.59 Å². The number of fused-ring (bicyclic) bond motifs is 1. The molecule has 0 atom stereocenters. The van der Waals surface area contributed by atoms with Gasteiger partial charge in [0.15, 0.2) is 17.1 Å². The highest BCUT2D eigenvalue weighted by atomic mass is 16.5. The summed E-state index contributed by atoms with van der Waals surface area (Å²) in [4.78, 5) is 27.0. The Morgan fingerprint density at radius 1 is 1.10 bits per heavy atom. The summed E-state index contributed by atoms with van der Waals surface area (Å²) < 4.78 is 16.3. The number of nitrogens with zero attached hydrogens (tertiary/aromatic N) is 1. The Morgan fingerprint density at radius 2 is 1.83 bits per heavy atom. The summed E-state index contributed by atoms with van der Waals surface area (Å²) in [6.45, 7) is 5.66. The Bertz CT molecular complexity index is 939. The SMILES string of the molecule is COc1ccc(NC(=O)CCN2C(=O)C(C)(C)Oc3ccc(C)cc32)cc1OC. The minimum atomic E-state index is -0.984. The predicted molar refractivity (Wildman–Crippen MR) is 111 cm³/mol. The third kappa shape index (κ3) is 4.29. The highest BCUT2D eigenvalue weighted by molar-refractivity contribution is 6.03. The van der Waals surface area contributed by atoms with Crippen molar-refractivity contribution in [1.82, 2.24) is 0 Å². The standard InChI is InChI=1S/C22H26N2O5/c1-14-6-8-17-16(12-14)24(21(26)22(2,3)29-17)11-10-20(25)23-15-7-9-18(27-4)19(13-15)28-5/h6-9,12-13H,10-11H2,1-5H3,(H,23,25). The minimum absolute atomic E-state index is 0.142. The maximum absolute atomic E-state index is 12.9. The van der Waals surface area contributed by atoms with Crippen LogP contribution in [0.2, 0.25) is 0 Å². The molecule has 7 heteroatoms. The van der Waals surface area contributed by atoms with Gasteiger partial charge in [-0.3, -0.25) is 9.59 Å². The summed E-state index contributed by atoms with van der Waals surface area (Å²) >= 11 is 0. The lowest BCUT2D eigenvalue weighted by atomic mass is 10.0. The van der Waals surface area contributed by atoms with E-state index in [1.54, 1.807) is 44.1 Å². The molecule has 0 unspecified atom stereocenters. The second kappa shape index (κ2) is 8.03. The van der Waals surface area contributed by atoms with E-state index in [1.165, 1.54) is 7.11 Å². The van der Waals surface area contributed by atoms with Crippen LogP contribution in [0.15, 0.2) is 36.4 Å². The van der Waals surface area contributed by atoms with Crippen molar-refractivity contribution in [1.29, 1.82) is 0 Å². The Balaban J connectivity index is 1.73. The molecule has 0 spiro atoms. The Morgan fingerprint density at radius 3 is 2.52 bits per heavy atom. The fourth-order valence-electron chi connectivity index (χ4n) is 3.25. The lowest BCUT2D eigenvalue weighted by Crippen LogP contribution is -2.53. The molecule has 3 rings (SSSR count). The van der Waals surface area contributed by atoms with Crippen LogP contribution in [-0.2, 0) is 9.59 Å². The number of ether oxygens (including phenoxy) is 3. The second-order valence-electron chi connectivity index (χ2n) is 7.41. The van der Waals surface area contributed by atoms with Crippen molar-refractivity contribution < 1.29 is 23.8 Å². The molecule has 1 N–H and O–H groups in total. The zero-order valence-electron chi connectivity index (χ0n) is 17.4. The average Bonchev–Trinajstić information content (AvgIpc) is 2.68. The molecule has 1 aliphatic heterocycles. The van der Waals surface area contributed by atoms with E-state index >= 15 is 0 Å². The van der Waals surface area contributed by atoms with E-state index in [0.717, 1.165) is 5.56 Å². The number of nitrogens with one attached hydrogen (secondary N) is 1. The molecule has 2 amide bonds. The number of hydrogen-bond acceptors (Lipinski definition) is 5. The van der Waals surface area contributed by atoms with Crippen LogP contribution in [0.4, 0.5) is 11.4 Å². The van der Waals surface area contributed by atoms with Crippen LogP contribution in [0.25, 0.3) is 0 Å². The van der Waals surface area contributed by atoms with Gasteiger partial charge in [-0.15, -0.1) is 0 Å². The van der Waals surface area contributed by atoms with Gasteiger partial charge in [-0.25, -0.2) is 0 Å². The highest BCUT2D eigenvalue weighted by Gasteiger charge is 2.40. The number of amides is 2. The molecule has 0 bridgehead atoms. The fraction of sp³-hybridized carbons (Fsp3) is 0.364. The first-order valence-electron chi connectivity index (χ1n) is 9.38. The van der Waals surface area contributed by atoms with Crippen LogP contribution >= 0.6 is 0 Å². The highest BCUT2D eigenvalue weighted by Crippen LogP contribution is 2.38. The van der Waals surface area contributed by atoms with Crippen LogP contribution in [0.1, 0.15) is 25.8 Å². The molecule has 0 fully saturated rings. The van der Waals surface area contributed by atoms with Gasteiger partial charge in [0, 0.05) is 24.7 Å². The number of carbonyl (C=O) groups excluding carboxylic acids is 2. The fourth-order valence-corrected chi connectivity index (χ4v) is 3.25.